The van der Waals surface area contributed by atoms with Gasteiger partial charge in [-0.25, -0.2) is 4.79 Å². The van der Waals surface area contributed by atoms with Crippen LogP contribution in [0, 0.1) is 11.3 Å². The number of ether oxygens (including phenoxy) is 1. The lowest BCUT2D eigenvalue weighted by molar-refractivity contribution is -0.138. The standard InChI is InChI=1S/C15H13N3O2/c16-12-14-4-1-3-13(11-14)5-6-15(19)20-10-9-18-8-2-7-17-18/h1-8,11H,9-10H2/b6-5+. The molecular weight excluding hydrogens is 254 g/mol. The molecule has 0 saturated carbocycles. The zero-order valence-corrected chi connectivity index (χ0v) is 10.8. The maximum Gasteiger partial charge on any atom is 0.330 e. The van der Waals surface area contributed by atoms with Crippen LogP contribution in [-0.2, 0) is 16.1 Å². The molecule has 0 saturated heterocycles. The summed E-state index contributed by atoms with van der Waals surface area (Å²) in [4.78, 5) is 11.5. The normalized spacial score (nSPS) is 10.3. The molecule has 100 valence electrons. The predicted molar refractivity (Wildman–Crippen MR) is 73.4 cm³/mol. The molecule has 0 radical (unpaired) electrons. The van der Waals surface area contributed by atoms with Gasteiger partial charge in [-0.3, -0.25) is 4.68 Å². The Kier molecular flexibility index (Phi) is 4.68. The molecule has 0 unspecified atom stereocenters. The lowest BCUT2D eigenvalue weighted by Gasteiger charge is -2.02. The van der Waals surface area contributed by atoms with Crippen LogP contribution in [0.5, 0.6) is 0 Å². The van der Waals surface area contributed by atoms with Crippen molar-refractivity contribution in [3.8, 4) is 6.07 Å². The maximum absolute atomic E-state index is 11.5. The summed E-state index contributed by atoms with van der Waals surface area (Å²) in [5.74, 6) is -0.417. The third kappa shape index (κ3) is 4.10. The second-order valence-corrected chi connectivity index (χ2v) is 4.01. The van der Waals surface area contributed by atoms with Crippen LogP contribution >= 0.6 is 0 Å². The first-order chi connectivity index (χ1) is 9.78. The van der Waals surface area contributed by atoms with E-state index in [4.69, 9.17) is 10.00 Å². The van der Waals surface area contributed by atoms with Gasteiger partial charge in [0.15, 0.2) is 0 Å². The van der Waals surface area contributed by atoms with E-state index in [-0.39, 0.29) is 6.61 Å². The van der Waals surface area contributed by atoms with Crippen molar-refractivity contribution in [1.82, 2.24) is 9.78 Å². The lowest BCUT2D eigenvalue weighted by atomic mass is 10.1. The molecule has 0 aliphatic carbocycles. The SMILES string of the molecule is N#Cc1cccc(/C=C/C(=O)OCCn2cccn2)c1. The van der Waals surface area contributed by atoms with E-state index in [2.05, 4.69) is 5.10 Å². The second-order valence-electron chi connectivity index (χ2n) is 4.01. The molecule has 1 aromatic carbocycles. The van der Waals surface area contributed by atoms with Crippen LogP contribution < -0.4 is 0 Å². The lowest BCUT2D eigenvalue weighted by Crippen LogP contribution is -2.09. The van der Waals surface area contributed by atoms with Crippen LogP contribution in [0.15, 0.2) is 48.8 Å². The van der Waals surface area contributed by atoms with Crippen molar-refractivity contribution in [3.05, 3.63) is 59.9 Å². The third-order valence-corrected chi connectivity index (χ3v) is 2.55. The largest absolute Gasteiger partial charge is 0.461 e. The van der Waals surface area contributed by atoms with E-state index < -0.39 is 5.97 Å². The maximum atomic E-state index is 11.5. The first-order valence-corrected chi connectivity index (χ1v) is 6.10. The Morgan fingerprint density at radius 1 is 1.45 bits per heavy atom. The van der Waals surface area contributed by atoms with E-state index >= 15 is 0 Å². The van der Waals surface area contributed by atoms with Crippen molar-refractivity contribution in [2.45, 2.75) is 6.54 Å². The number of rotatable bonds is 5. The average molecular weight is 267 g/mol. The minimum atomic E-state index is -0.417. The van der Waals surface area contributed by atoms with Gasteiger partial charge in [0.2, 0.25) is 0 Å². The highest BCUT2D eigenvalue weighted by atomic mass is 16.5. The smallest absolute Gasteiger partial charge is 0.330 e. The molecule has 2 aromatic rings. The molecular formula is C15H13N3O2. The molecule has 0 amide bonds. The molecule has 0 N–H and O–H groups in total. The van der Waals surface area contributed by atoms with Crippen molar-refractivity contribution in [1.29, 1.82) is 5.26 Å². The monoisotopic (exact) mass is 267 g/mol. The summed E-state index contributed by atoms with van der Waals surface area (Å²) in [6.45, 7) is 0.791. The van der Waals surface area contributed by atoms with Crippen LogP contribution in [0.4, 0.5) is 0 Å². The molecule has 1 heterocycles. The van der Waals surface area contributed by atoms with Crippen molar-refractivity contribution in [2.75, 3.05) is 6.61 Å². The summed E-state index contributed by atoms with van der Waals surface area (Å²) in [5.41, 5.74) is 1.34. The minimum Gasteiger partial charge on any atom is -0.461 e. The molecule has 1 aromatic heterocycles. The number of benzene rings is 1. The molecule has 5 nitrogen and oxygen atoms in total. The number of esters is 1. The molecule has 0 spiro atoms. The van der Waals surface area contributed by atoms with Gasteiger partial charge in [-0.1, -0.05) is 12.1 Å². The fourth-order valence-electron chi connectivity index (χ4n) is 1.60. The highest BCUT2D eigenvalue weighted by Crippen LogP contribution is 2.06. The van der Waals surface area contributed by atoms with Crippen LogP contribution in [0.25, 0.3) is 6.08 Å². The summed E-state index contributed by atoms with van der Waals surface area (Å²) in [7, 11) is 0. The van der Waals surface area contributed by atoms with E-state index in [1.165, 1.54) is 6.08 Å². The van der Waals surface area contributed by atoms with Crippen LogP contribution in [0.1, 0.15) is 11.1 Å². The number of nitriles is 1. The number of hydrogen-bond donors (Lipinski definition) is 0. The van der Waals surface area contributed by atoms with E-state index in [0.717, 1.165) is 5.56 Å². The fourth-order valence-corrected chi connectivity index (χ4v) is 1.60. The average Bonchev–Trinajstić information content (AvgIpc) is 2.98. The van der Waals surface area contributed by atoms with Crippen molar-refractivity contribution in [3.63, 3.8) is 0 Å². The number of hydrogen-bond acceptors (Lipinski definition) is 4. The fraction of sp³-hybridized carbons (Fsp3) is 0.133. The van der Waals surface area contributed by atoms with Gasteiger partial charge < -0.3 is 4.74 Å². The molecule has 0 fully saturated rings. The van der Waals surface area contributed by atoms with Crippen LogP contribution in [-0.4, -0.2) is 22.4 Å². The van der Waals surface area contributed by atoms with Gasteiger partial charge in [-0.15, -0.1) is 0 Å². The summed E-state index contributed by atoms with van der Waals surface area (Å²) in [5, 5.41) is 12.8. The van der Waals surface area contributed by atoms with Crippen molar-refractivity contribution >= 4 is 12.0 Å². The molecule has 0 aliphatic rings. The second kappa shape index (κ2) is 6.90. The van der Waals surface area contributed by atoms with Gasteiger partial charge in [0, 0.05) is 18.5 Å². The summed E-state index contributed by atoms with van der Waals surface area (Å²) in [6.07, 6.45) is 6.44. The van der Waals surface area contributed by atoms with Crippen molar-refractivity contribution in [2.24, 2.45) is 0 Å². The van der Waals surface area contributed by atoms with E-state index in [1.807, 2.05) is 18.2 Å². The Morgan fingerprint density at radius 2 is 2.35 bits per heavy atom. The zero-order valence-electron chi connectivity index (χ0n) is 10.8. The van der Waals surface area contributed by atoms with Gasteiger partial charge in [0.05, 0.1) is 18.2 Å². The third-order valence-electron chi connectivity index (χ3n) is 2.55. The Balaban J connectivity index is 1.81. The van der Waals surface area contributed by atoms with E-state index in [1.54, 1.807) is 41.4 Å². The summed E-state index contributed by atoms with van der Waals surface area (Å²) < 4.78 is 6.73. The zero-order chi connectivity index (χ0) is 14.2. The molecule has 5 heteroatoms. The van der Waals surface area contributed by atoms with Gasteiger partial charge in [-0.05, 0) is 29.8 Å². The van der Waals surface area contributed by atoms with Gasteiger partial charge in [0.1, 0.15) is 6.61 Å². The van der Waals surface area contributed by atoms with Gasteiger partial charge in [0.25, 0.3) is 0 Å². The highest BCUT2D eigenvalue weighted by molar-refractivity contribution is 5.87. The quantitative estimate of drug-likeness (QED) is 0.614. The molecule has 0 aliphatic heterocycles. The Morgan fingerprint density at radius 3 is 3.10 bits per heavy atom. The highest BCUT2D eigenvalue weighted by Gasteiger charge is 1.98. The topological polar surface area (TPSA) is 67.9 Å². The number of carbonyl (C=O) groups is 1. The predicted octanol–water partition coefficient (Wildman–Crippen LogP) is 2.01. The summed E-state index contributed by atoms with van der Waals surface area (Å²) >= 11 is 0. The summed E-state index contributed by atoms with van der Waals surface area (Å²) in [6, 6.07) is 10.8. The minimum absolute atomic E-state index is 0.267. The Labute approximate surface area is 116 Å². The van der Waals surface area contributed by atoms with E-state index in [0.29, 0.717) is 12.1 Å². The number of aromatic nitrogens is 2. The van der Waals surface area contributed by atoms with Crippen LogP contribution in [0.3, 0.4) is 0 Å². The van der Waals surface area contributed by atoms with Crippen LogP contribution in [0.2, 0.25) is 0 Å². The van der Waals surface area contributed by atoms with Crippen molar-refractivity contribution < 1.29 is 9.53 Å². The number of nitrogens with zero attached hydrogens (tertiary/aromatic N) is 3. The molecule has 0 atom stereocenters. The van der Waals surface area contributed by atoms with Gasteiger partial charge in [-0.2, -0.15) is 10.4 Å². The molecule has 20 heavy (non-hydrogen) atoms. The first kappa shape index (κ1) is 13.6. The van der Waals surface area contributed by atoms with Gasteiger partial charge >= 0.3 is 5.97 Å². The number of carbonyl (C=O) groups excluding carboxylic acids is 1. The molecule has 2 rings (SSSR count). The first-order valence-electron chi connectivity index (χ1n) is 6.10. The Hall–Kier alpha value is -2.87. The molecule has 0 bridgehead atoms. The van der Waals surface area contributed by atoms with E-state index in [9.17, 15) is 4.79 Å². The Bertz CT molecular complexity index is 639.